The third-order valence-corrected chi connectivity index (χ3v) is 1.08. The fourth-order valence-electron chi connectivity index (χ4n) is 0.581. The Bertz CT molecular complexity index is 286. The molecule has 4 nitrogen and oxygen atoms in total. The Hall–Kier alpha value is -1.76. The minimum atomic E-state index is 0.330. The van der Waals surface area contributed by atoms with E-state index in [1.165, 1.54) is 12.3 Å². The highest BCUT2D eigenvalue weighted by Gasteiger charge is 1.96. The summed E-state index contributed by atoms with van der Waals surface area (Å²) in [6, 6.07) is 3.34. The third kappa shape index (κ3) is 0.977. The molecule has 4 N–H and O–H groups in total. The SMILES string of the molecule is N#Cc1cnc(N)cc1N. The molecule has 0 saturated carbocycles. The Kier molecular flexibility index (Phi) is 1.42. The van der Waals surface area contributed by atoms with Crippen LogP contribution in [0.15, 0.2) is 12.3 Å². The molecule has 1 aromatic heterocycles. The summed E-state index contributed by atoms with van der Waals surface area (Å²) in [7, 11) is 0. The van der Waals surface area contributed by atoms with Gasteiger partial charge in [-0.25, -0.2) is 4.98 Å². The lowest BCUT2D eigenvalue weighted by molar-refractivity contribution is 1.31. The topological polar surface area (TPSA) is 88.7 Å². The summed E-state index contributed by atoms with van der Waals surface area (Å²) in [4.78, 5) is 3.69. The molecule has 0 unspecified atom stereocenters. The summed E-state index contributed by atoms with van der Waals surface area (Å²) in [5.41, 5.74) is 11.4. The maximum Gasteiger partial charge on any atom is 0.125 e. The minimum absolute atomic E-state index is 0.330. The zero-order valence-electron chi connectivity index (χ0n) is 5.20. The molecule has 0 bridgehead atoms. The van der Waals surface area contributed by atoms with E-state index in [1.54, 1.807) is 0 Å². The van der Waals surface area contributed by atoms with Crippen LogP contribution in [-0.4, -0.2) is 4.98 Å². The molecule has 1 heterocycles. The number of nitrogen functional groups attached to an aromatic ring is 2. The van der Waals surface area contributed by atoms with Gasteiger partial charge in [-0.3, -0.25) is 0 Å². The Labute approximate surface area is 58.1 Å². The lowest BCUT2D eigenvalue weighted by atomic mass is 10.2. The van der Waals surface area contributed by atoms with Crippen LogP contribution in [0.2, 0.25) is 0 Å². The largest absolute Gasteiger partial charge is 0.398 e. The van der Waals surface area contributed by atoms with Crippen molar-refractivity contribution in [2.24, 2.45) is 0 Å². The summed E-state index contributed by atoms with van der Waals surface area (Å²) < 4.78 is 0. The Morgan fingerprint density at radius 1 is 1.50 bits per heavy atom. The molecule has 0 aromatic carbocycles. The number of nitrogens with zero attached hydrogens (tertiary/aromatic N) is 2. The van der Waals surface area contributed by atoms with Gasteiger partial charge in [0.15, 0.2) is 0 Å². The van der Waals surface area contributed by atoms with Crippen LogP contribution < -0.4 is 11.5 Å². The van der Waals surface area contributed by atoms with Crippen molar-refractivity contribution in [3.63, 3.8) is 0 Å². The molecule has 1 aromatic rings. The molecule has 0 saturated heterocycles. The van der Waals surface area contributed by atoms with Crippen LogP contribution in [0.3, 0.4) is 0 Å². The van der Waals surface area contributed by atoms with Crippen molar-refractivity contribution < 1.29 is 0 Å². The van der Waals surface area contributed by atoms with Gasteiger partial charge in [0.05, 0.1) is 11.3 Å². The van der Waals surface area contributed by atoms with E-state index in [-0.39, 0.29) is 0 Å². The lowest BCUT2D eigenvalue weighted by Crippen LogP contribution is -1.95. The Morgan fingerprint density at radius 3 is 2.70 bits per heavy atom. The number of nitriles is 1. The number of anilines is 2. The third-order valence-electron chi connectivity index (χ3n) is 1.08. The van der Waals surface area contributed by atoms with E-state index in [2.05, 4.69) is 4.98 Å². The predicted molar refractivity (Wildman–Crippen MR) is 37.8 cm³/mol. The van der Waals surface area contributed by atoms with Crippen LogP contribution in [0.5, 0.6) is 0 Å². The highest BCUT2D eigenvalue weighted by Crippen LogP contribution is 2.10. The lowest BCUT2D eigenvalue weighted by Gasteiger charge is -1.95. The van der Waals surface area contributed by atoms with Gasteiger partial charge in [-0.1, -0.05) is 0 Å². The molecule has 0 aliphatic carbocycles. The van der Waals surface area contributed by atoms with E-state index >= 15 is 0 Å². The summed E-state index contributed by atoms with van der Waals surface area (Å²) in [6.45, 7) is 0. The van der Waals surface area contributed by atoms with E-state index in [9.17, 15) is 0 Å². The van der Waals surface area contributed by atoms with Crippen LogP contribution in [0.4, 0.5) is 11.5 Å². The number of nitrogens with two attached hydrogens (primary N) is 2. The van der Waals surface area contributed by atoms with Gasteiger partial charge in [0.2, 0.25) is 0 Å². The summed E-state index contributed by atoms with van der Waals surface area (Å²) in [5, 5.41) is 8.40. The standard InChI is InChI=1S/C6H6N4/c7-2-4-3-10-6(9)1-5(4)8/h1,3H,(H4,8,9,10). The molecule has 0 spiro atoms. The van der Waals surface area contributed by atoms with Gasteiger partial charge >= 0.3 is 0 Å². The molecule has 0 aliphatic rings. The quantitative estimate of drug-likeness (QED) is 0.527. The first-order valence-electron chi connectivity index (χ1n) is 2.65. The second-order valence-electron chi connectivity index (χ2n) is 1.81. The fraction of sp³-hybridized carbons (Fsp3) is 0. The van der Waals surface area contributed by atoms with Gasteiger partial charge in [0.1, 0.15) is 11.9 Å². The molecular weight excluding hydrogens is 128 g/mol. The van der Waals surface area contributed by atoms with Crippen molar-refractivity contribution in [2.75, 3.05) is 11.5 Å². The first kappa shape index (κ1) is 6.36. The molecule has 10 heavy (non-hydrogen) atoms. The molecular formula is C6H6N4. The van der Waals surface area contributed by atoms with Gasteiger partial charge < -0.3 is 11.5 Å². The van der Waals surface area contributed by atoms with Gasteiger partial charge in [0, 0.05) is 12.3 Å². The second-order valence-corrected chi connectivity index (χ2v) is 1.81. The van der Waals surface area contributed by atoms with E-state index in [4.69, 9.17) is 16.7 Å². The van der Waals surface area contributed by atoms with Crippen molar-refractivity contribution >= 4 is 11.5 Å². The maximum absolute atomic E-state index is 8.40. The fourth-order valence-corrected chi connectivity index (χ4v) is 0.581. The number of aromatic nitrogens is 1. The Morgan fingerprint density at radius 2 is 2.20 bits per heavy atom. The monoisotopic (exact) mass is 134 g/mol. The smallest absolute Gasteiger partial charge is 0.125 e. The predicted octanol–water partition coefficient (Wildman–Crippen LogP) is 0.118. The second kappa shape index (κ2) is 2.23. The number of hydrogen-bond donors (Lipinski definition) is 2. The van der Waals surface area contributed by atoms with Gasteiger partial charge in [-0.2, -0.15) is 5.26 Å². The van der Waals surface area contributed by atoms with Crippen molar-refractivity contribution in [3.05, 3.63) is 17.8 Å². The van der Waals surface area contributed by atoms with Crippen LogP contribution in [0.1, 0.15) is 5.56 Å². The average molecular weight is 134 g/mol. The highest BCUT2D eigenvalue weighted by molar-refractivity contribution is 5.57. The molecule has 50 valence electrons. The van der Waals surface area contributed by atoms with Crippen molar-refractivity contribution in [2.45, 2.75) is 0 Å². The van der Waals surface area contributed by atoms with Crippen molar-refractivity contribution in [3.8, 4) is 6.07 Å². The molecule has 0 fully saturated rings. The zero-order valence-corrected chi connectivity index (χ0v) is 5.20. The number of rotatable bonds is 0. The first-order valence-corrected chi connectivity index (χ1v) is 2.65. The number of pyridine rings is 1. The summed E-state index contributed by atoms with van der Waals surface area (Å²) in [6.07, 6.45) is 1.35. The van der Waals surface area contributed by atoms with Crippen LogP contribution in [0.25, 0.3) is 0 Å². The molecule has 4 heteroatoms. The van der Waals surface area contributed by atoms with Crippen molar-refractivity contribution in [1.29, 1.82) is 5.26 Å². The molecule has 0 amide bonds. The van der Waals surface area contributed by atoms with E-state index in [0.717, 1.165) is 0 Å². The molecule has 0 aliphatic heterocycles. The number of hydrogen-bond acceptors (Lipinski definition) is 4. The van der Waals surface area contributed by atoms with Gasteiger partial charge in [-0.05, 0) is 0 Å². The maximum atomic E-state index is 8.40. The summed E-state index contributed by atoms with van der Waals surface area (Å²) in [5.74, 6) is 0.330. The average Bonchev–Trinajstić information content (AvgIpc) is 1.88. The van der Waals surface area contributed by atoms with Crippen LogP contribution in [0, 0.1) is 11.3 Å². The minimum Gasteiger partial charge on any atom is -0.398 e. The van der Waals surface area contributed by atoms with Gasteiger partial charge in [-0.15, -0.1) is 0 Å². The first-order chi connectivity index (χ1) is 4.74. The molecule has 0 atom stereocenters. The van der Waals surface area contributed by atoms with Crippen LogP contribution in [-0.2, 0) is 0 Å². The van der Waals surface area contributed by atoms with E-state index in [1.807, 2.05) is 6.07 Å². The van der Waals surface area contributed by atoms with E-state index in [0.29, 0.717) is 17.1 Å². The molecule has 1 rings (SSSR count). The van der Waals surface area contributed by atoms with Crippen molar-refractivity contribution in [1.82, 2.24) is 4.98 Å². The van der Waals surface area contributed by atoms with E-state index < -0.39 is 0 Å². The highest BCUT2D eigenvalue weighted by atomic mass is 14.8. The Balaban J connectivity index is 3.23. The summed E-state index contributed by atoms with van der Waals surface area (Å²) >= 11 is 0. The van der Waals surface area contributed by atoms with Crippen LogP contribution >= 0.6 is 0 Å². The zero-order chi connectivity index (χ0) is 7.56. The molecule has 0 radical (unpaired) electrons. The van der Waals surface area contributed by atoms with Gasteiger partial charge in [0.25, 0.3) is 0 Å². The normalized spacial score (nSPS) is 8.70.